The number of nitrogens with one attached hydrogen (secondary N) is 1. The summed E-state index contributed by atoms with van der Waals surface area (Å²) in [5, 5.41) is 12.8. The Morgan fingerprint density at radius 2 is 1.62 bits per heavy atom. The summed E-state index contributed by atoms with van der Waals surface area (Å²) in [5.74, 6) is -0.556. The van der Waals surface area contributed by atoms with Gasteiger partial charge in [0.15, 0.2) is 17.3 Å². The minimum Gasteiger partial charge on any atom is -0.493 e. The van der Waals surface area contributed by atoms with Crippen molar-refractivity contribution in [1.82, 2.24) is 0 Å². The van der Waals surface area contributed by atoms with E-state index >= 15 is 0 Å². The molecule has 0 radical (unpaired) electrons. The summed E-state index contributed by atoms with van der Waals surface area (Å²) < 4.78 is 11.0. The number of hydrogen-bond donors (Lipinski definition) is 2. The van der Waals surface area contributed by atoms with E-state index in [4.69, 9.17) is 9.47 Å². The molecule has 2 unspecified atom stereocenters. The number of carboxylic acids is 1. The van der Waals surface area contributed by atoms with Crippen LogP contribution in [-0.2, 0) is 14.4 Å². The predicted molar refractivity (Wildman–Crippen MR) is 147 cm³/mol. The molecule has 1 amide bonds. The Balaban J connectivity index is 1.71. The van der Waals surface area contributed by atoms with Gasteiger partial charge in [-0.2, -0.15) is 0 Å². The van der Waals surface area contributed by atoms with Crippen LogP contribution in [0, 0.1) is 0 Å². The van der Waals surface area contributed by atoms with Crippen LogP contribution in [0.2, 0.25) is 0 Å². The molecule has 1 aliphatic heterocycles. The lowest BCUT2D eigenvalue weighted by Gasteiger charge is -2.35. The lowest BCUT2D eigenvalue weighted by atomic mass is 9.78. The van der Waals surface area contributed by atoms with E-state index in [1.54, 1.807) is 24.1 Å². The lowest BCUT2D eigenvalue weighted by Crippen LogP contribution is -2.38. The third-order valence-corrected chi connectivity index (χ3v) is 7.30. The molecule has 2 aliphatic rings. The Labute approximate surface area is 226 Å². The van der Waals surface area contributed by atoms with E-state index in [1.165, 1.54) is 7.11 Å². The van der Waals surface area contributed by atoms with Crippen LogP contribution in [0.5, 0.6) is 11.5 Å². The molecule has 5 rings (SSSR count). The summed E-state index contributed by atoms with van der Waals surface area (Å²) >= 11 is 0. The highest BCUT2D eigenvalue weighted by Crippen LogP contribution is 2.48. The first-order chi connectivity index (χ1) is 18.9. The van der Waals surface area contributed by atoms with Crippen LogP contribution in [0.15, 0.2) is 84.1 Å². The summed E-state index contributed by atoms with van der Waals surface area (Å²) in [5.41, 5.74) is 4.24. The Morgan fingerprint density at radius 1 is 0.897 bits per heavy atom. The average Bonchev–Trinajstić information content (AvgIpc) is 3.10. The number of ether oxygens (including phenoxy) is 2. The quantitative estimate of drug-likeness (QED) is 0.421. The van der Waals surface area contributed by atoms with Gasteiger partial charge in [-0.1, -0.05) is 48.5 Å². The first kappa shape index (κ1) is 26.0. The zero-order chi connectivity index (χ0) is 27.5. The fourth-order valence-electron chi connectivity index (χ4n) is 5.50. The number of rotatable bonds is 7. The van der Waals surface area contributed by atoms with Crippen LogP contribution in [0.25, 0.3) is 0 Å². The molecule has 0 bridgehead atoms. The molecule has 0 spiro atoms. The maximum Gasteiger partial charge on any atom is 0.303 e. The molecule has 39 heavy (non-hydrogen) atoms. The van der Waals surface area contributed by atoms with Crippen molar-refractivity contribution in [3.63, 3.8) is 0 Å². The number of para-hydroxylation sites is 2. The maximum absolute atomic E-state index is 14.0. The molecular formula is C31H30N2O6. The Kier molecular flexibility index (Phi) is 7.36. The van der Waals surface area contributed by atoms with Crippen molar-refractivity contribution in [2.45, 2.75) is 37.6 Å². The van der Waals surface area contributed by atoms with Gasteiger partial charge in [-0.3, -0.25) is 19.3 Å². The van der Waals surface area contributed by atoms with Crippen LogP contribution in [0.4, 0.5) is 11.4 Å². The second kappa shape index (κ2) is 11.0. The molecule has 0 aromatic heterocycles. The number of anilines is 2. The number of allylic oxidation sites excluding steroid dienone is 1. The molecular weight excluding hydrogens is 496 g/mol. The topological polar surface area (TPSA) is 105 Å². The first-order valence-corrected chi connectivity index (χ1v) is 12.8. The molecule has 2 atom stereocenters. The van der Waals surface area contributed by atoms with Crippen molar-refractivity contribution >= 4 is 29.0 Å². The number of amides is 1. The highest BCUT2D eigenvalue weighted by molar-refractivity contribution is 6.06. The van der Waals surface area contributed by atoms with Gasteiger partial charge in [0, 0.05) is 24.1 Å². The van der Waals surface area contributed by atoms with Crippen LogP contribution in [-0.4, -0.2) is 37.0 Å². The molecule has 200 valence electrons. The molecule has 2 N–H and O–H groups in total. The summed E-state index contributed by atoms with van der Waals surface area (Å²) in [6.45, 7) is 0. The molecule has 8 nitrogen and oxygen atoms in total. The number of aliphatic carboxylic acids is 1. The standard InChI is InChI=1S/C31H30N2O6/c1-38-26-13-12-20(18-27(26)39-2)31-30-23(16-21(17-25(30)34)19-8-4-3-5-9-19)32-22-10-6-7-11-24(22)33(31)28(35)14-15-29(36)37/h3-13,18,21,31-32H,14-17H2,1-2H3,(H,36,37). The molecule has 0 fully saturated rings. The molecule has 0 saturated carbocycles. The lowest BCUT2D eigenvalue weighted by molar-refractivity contribution is -0.138. The molecule has 3 aromatic rings. The third kappa shape index (κ3) is 5.10. The van der Waals surface area contributed by atoms with Crippen LogP contribution >= 0.6 is 0 Å². The molecule has 8 heteroatoms. The van der Waals surface area contributed by atoms with Gasteiger partial charge in [0.1, 0.15) is 0 Å². The zero-order valence-corrected chi connectivity index (χ0v) is 21.8. The largest absolute Gasteiger partial charge is 0.493 e. The number of nitrogens with zero attached hydrogens (tertiary/aromatic N) is 1. The summed E-state index contributed by atoms with van der Waals surface area (Å²) in [7, 11) is 3.07. The summed E-state index contributed by atoms with van der Waals surface area (Å²) in [6.07, 6.45) is 0.346. The minimum atomic E-state index is -1.06. The number of carboxylic acid groups (broad SMARTS) is 1. The van der Waals surface area contributed by atoms with Crippen LogP contribution in [0.1, 0.15) is 48.8 Å². The van der Waals surface area contributed by atoms with Crippen molar-refractivity contribution in [3.8, 4) is 11.5 Å². The van der Waals surface area contributed by atoms with E-state index in [-0.39, 0.29) is 24.5 Å². The van der Waals surface area contributed by atoms with Crippen molar-refractivity contribution in [2.24, 2.45) is 0 Å². The first-order valence-electron chi connectivity index (χ1n) is 12.8. The van der Waals surface area contributed by atoms with Gasteiger partial charge in [0.05, 0.1) is 38.1 Å². The average molecular weight is 527 g/mol. The van der Waals surface area contributed by atoms with Gasteiger partial charge in [-0.05, 0) is 47.7 Å². The summed E-state index contributed by atoms with van der Waals surface area (Å²) in [6, 6.07) is 21.9. The van der Waals surface area contributed by atoms with Crippen molar-refractivity contribution in [3.05, 3.63) is 95.2 Å². The van der Waals surface area contributed by atoms with Gasteiger partial charge in [0.25, 0.3) is 0 Å². The molecule has 1 aliphatic carbocycles. The van der Waals surface area contributed by atoms with Crippen molar-refractivity contribution in [1.29, 1.82) is 0 Å². The number of carbonyl (C=O) groups is 3. The van der Waals surface area contributed by atoms with E-state index in [2.05, 4.69) is 5.32 Å². The minimum absolute atomic E-state index is 0.0163. The van der Waals surface area contributed by atoms with Gasteiger partial charge in [-0.15, -0.1) is 0 Å². The number of carbonyl (C=O) groups excluding carboxylic acids is 2. The van der Waals surface area contributed by atoms with Gasteiger partial charge >= 0.3 is 5.97 Å². The second-order valence-electron chi connectivity index (χ2n) is 9.65. The number of methoxy groups -OCH3 is 2. The van der Waals surface area contributed by atoms with Crippen LogP contribution < -0.4 is 19.7 Å². The Hall–Kier alpha value is -4.59. The monoisotopic (exact) mass is 526 g/mol. The second-order valence-corrected chi connectivity index (χ2v) is 9.65. The number of benzene rings is 3. The third-order valence-electron chi connectivity index (χ3n) is 7.30. The number of hydrogen-bond acceptors (Lipinski definition) is 6. The van der Waals surface area contributed by atoms with Gasteiger partial charge in [0.2, 0.25) is 5.91 Å². The van der Waals surface area contributed by atoms with E-state index in [1.807, 2.05) is 60.7 Å². The van der Waals surface area contributed by atoms with Gasteiger partial charge in [-0.25, -0.2) is 0 Å². The fourth-order valence-corrected chi connectivity index (χ4v) is 5.50. The molecule has 0 saturated heterocycles. The van der Waals surface area contributed by atoms with E-state index in [0.29, 0.717) is 46.9 Å². The van der Waals surface area contributed by atoms with E-state index < -0.39 is 17.9 Å². The maximum atomic E-state index is 14.0. The SMILES string of the molecule is COc1ccc(C2C3=C(CC(c4ccccc4)CC3=O)Nc3ccccc3N2C(=O)CCC(=O)O)cc1OC. The van der Waals surface area contributed by atoms with Crippen molar-refractivity contribution in [2.75, 3.05) is 24.4 Å². The Morgan fingerprint density at radius 3 is 2.33 bits per heavy atom. The number of Topliss-reactive ketones (excluding diaryl/α,β-unsaturated/α-hetero) is 1. The van der Waals surface area contributed by atoms with E-state index in [9.17, 15) is 19.5 Å². The normalized spacial score (nSPS) is 18.4. The van der Waals surface area contributed by atoms with Crippen molar-refractivity contribution < 1.29 is 29.0 Å². The highest BCUT2D eigenvalue weighted by atomic mass is 16.5. The van der Waals surface area contributed by atoms with Gasteiger partial charge < -0.3 is 19.9 Å². The summed E-state index contributed by atoms with van der Waals surface area (Å²) in [4.78, 5) is 40.8. The van der Waals surface area contributed by atoms with E-state index in [0.717, 1.165) is 11.3 Å². The molecule has 3 aromatic carbocycles. The molecule has 1 heterocycles. The highest BCUT2D eigenvalue weighted by Gasteiger charge is 2.41. The smallest absolute Gasteiger partial charge is 0.303 e. The zero-order valence-electron chi connectivity index (χ0n) is 21.8. The predicted octanol–water partition coefficient (Wildman–Crippen LogP) is 5.47. The Bertz CT molecular complexity index is 1450. The number of fused-ring (bicyclic) bond motifs is 1. The fraction of sp³-hybridized carbons (Fsp3) is 0.258. The number of ketones is 1. The van der Waals surface area contributed by atoms with Crippen LogP contribution in [0.3, 0.4) is 0 Å².